The minimum absolute atomic E-state index is 0.0702. The van der Waals surface area contributed by atoms with E-state index in [2.05, 4.69) is 254 Å². The fraction of sp³-hybridized carbons (Fsp3) is 0. The lowest BCUT2D eigenvalue weighted by atomic mass is 9.64. The second-order valence-corrected chi connectivity index (χ2v) is 17.3. The zero-order valence-corrected chi connectivity index (χ0v) is 36.2. The molecule has 0 saturated heterocycles. The highest BCUT2D eigenvalue weighted by Crippen LogP contribution is 2.51. The molecule has 0 saturated carbocycles. The maximum absolute atomic E-state index is 4.51. The molecule has 0 N–H and O–H groups in total. The highest BCUT2D eigenvalue weighted by Gasteiger charge is 2.45. The zero-order chi connectivity index (χ0) is 43.1. The molecule has 12 rings (SSSR count). The summed E-state index contributed by atoms with van der Waals surface area (Å²) in [5, 5.41) is 0. The van der Waals surface area contributed by atoms with Crippen LogP contribution in [0.4, 0.5) is 45.5 Å². The normalized spacial score (nSPS) is 13.0. The van der Waals surface area contributed by atoms with E-state index in [1.165, 1.54) is 43.2 Å². The summed E-state index contributed by atoms with van der Waals surface area (Å²) in [4.78, 5) is 21.4. The number of hydrogen-bond donors (Lipinski definition) is 0. The number of nitrogens with zero attached hydrogens (tertiary/aromatic N) is 6. The van der Waals surface area contributed by atoms with Crippen LogP contribution >= 0.6 is 11.3 Å². The first-order chi connectivity index (χ1) is 32.3. The molecule has 0 aliphatic carbocycles. The summed E-state index contributed by atoms with van der Waals surface area (Å²) in [5.74, 6) is 0.713. The summed E-state index contributed by atoms with van der Waals surface area (Å²) >= 11 is 1.84. The van der Waals surface area contributed by atoms with Gasteiger partial charge in [0.25, 0.3) is 0 Å². The number of anilines is 8. The summed E-state index contributed by atoms with van der Waals surface area (Å²) in [6.07, 6.45) is 3.58. The average molecular weight is 851 g/mol. The Kier molecular flexibility index (Phi) is 9.80. The van der Waals surface area contributed by atoms with E-state index in [-0.39, 0.29) is 14.0 Å². The minimum atomic E-state index is -0.129. The Morgan fingerprint density at radius 3 is 1.08 bits per heavy atom. The molecule has 10 aromatic rings. The summed E-state index contributed by atoms with van der Waals surface area (Å²) < 4.78 is 0. The van der Waals surface area contributed by atoms with Crippen LogP contribution in [0.25, 0.3) is 32.3 Å². The van der Waals surface area contributed by atoms with Gasteiger partial charge in [0, 0.05) is 50.5 Å². The topological polar surface area (TPSA) is 38.7 Å². The van der Waals surface area contributed by atoms with Crippen molar-refractivity contribution in [2.75, 3.05) is 19.2 Å². The lowest BCUT2D eigenvalue weighted by Crippen LogP contribution is -2.53. The largest absolute Gasteiger partial charge is 0.420 e. The van der Waals surface area contributed by atoms with Gasteiger partial charge in [-0.25, -0.2) is 9.97 Å². The van der Waals surface area contributed by atoms with Crippen molar-refractivity contribution in [3.63, 3.8) is 0 Å². The number of aromatic nitrogens is 2. The number of benzene rings is 8. The molecule has 0 spiro atoms. The van der Waals surface area contributed by atoms with Crippen molar-refractivity contribution in [1.29, 1.82) is 0 Å². The molecule has 2 aliphatic heterocycles. The fourth-order valence-electron chi connectivity index (χ4n) is 9.51. The van der Waals surface area contributed by atoms with E-state index in [9.17, 15) is 0 Å². The maximum Gasteiger partial charge on any atom is 0.420 e. The van der Waals surface area contributed by atoms with Gasteiger partial charge in [-0.15, -0.1) is 11.3 Å². The maximum atomic E-state index is 4.51. The van der Waals surface area contributed by atoms with E-state index in [0.29, 0.717) is 5.82 Å². The van der Waals surface area contributed by atoms with Gasteiger partial charge in [-0.3, -0.25) is 0 Å². The molecule has 65 heavy (non-hydrogen) atoms. The van der Waals surface area contributed by atoms with Crippen LogP contribution < -0.4 is 30.2 Å². The van der Waals surface area contributed by atoms with Gasteiger partial charge in [0.05, 0.1) is 22.7 Å². The van der Waals surface area contributed by atoms with E-state index in [0.717, 1.165) is 39.7 Å². The Morgan fingerprint density at radius 1 is 0.308 bits per heavy atom. The second-order valence-electron chi connectivity index (χ2n) is 16.2. The Labute approximate surface area is 384 Å². The molecule has 306 valence electrons. The predicted octanol–water partition coefficient (Wildman–Crippen LogP) is 12.9. The van der Waals surface area contributed by atoms with E-state index in [1.807, 2.05) is 17.4 Å². The lowest BCUT2D eigenvalue weighted by Gasteiger charge is -2.30. The van der Waals surface area contributed by atoms with Crippen LogP contribution in [-0.2, 0) is 0 Å². The van der Waals surface area contributed by atoms with Gasteiger partial charge in [-0.1, -0.05) is 127 Å². The Balaban J connectivity index is 0.955. The van der Waals surface area contributed by atoms with Gasteiger partial charge < -0.3 is 19.2 Å². The number of hydrogen-bond acceptors (Lipinski definition) is 7. The molecule has 0 bridgehead atoms. The van der Waals surface area contributed by atoms with E-state index < -0.39 is 0 Å². The molecule has 0 radical (unpaired) electrons. The summed E-state index contributed by atoms with van der Waals surface area (Å²) in [6, 6.07) is 82.9. The Hall–Kier alpha value is -8.13. The third-order valence-electron chi connectivity index (χ3n) is 12.4. The second kappa shape index (κ2) is 16.5. The minimum Gasteiger partial charge on any atom is -0.360 e. The highest BCUT2D eigenvalue weighted by molar-refractivity contribution is 7.18. The fourth-order valence-corrected chi connectivity index (χ4v) is 10.5. The van der Waals surface area contributed by atoms with Crippen molar-refractivity contribution in [2.45, 2.75) is 0 Å². The molecule has 0 atom stereocenters. The highest BCUT2D eigenvalue weighted by atomic mass is 32.1. The molecule has 6 nitrogen and oxygen atoms in total. The average Bonchev–Trinajstić information content (AvgIpc) is 4.11. The monoisotopic (exact) mass is 850 g/mol. The summed E-state index contributed by atoms with van der Waals surface area (Å²) in [6.45, 7) is -0.199. The van der Waals surface area contributed by atoms with Crippen molar-refractivity contribution in [2.24, 2.45) is 0 Å². The van der Waals surface area contributed by atoms with Crippen LogP contribution in [0.3, 0.4) is 0 Å². The van der Waals surface area contributed by atoms with Crippen molar-refractivity contribution < 1.29 is 0 Å². The molecular formula is C56H40B2N6S. The summed E-state index contributed by atoms with van der Waals surface area (Å²) in [7, 11) is 0. The molecule has 2 aromatic heterocycles. The van der Waals surface area contributed by atoms with Gasteiger partial charge in [-0.05, 0) is 125 Å². The number of rotatable bonds is 9. The standard InChI is InChI=1S/C56H40B2N6S/c1-6-17-44(18-7-1)57-61(46-21-10-3-11-22-46)50-33-29-42(39-52(50)63(57)47-23-12-4-13-24-47)54-35-36-55(65-54)43-30-34-51-53(40-43)64(48-25-14-5-15-26-48)58(45-19-8-2-9-20-45)62(51)49-31-27-41(28-32-49)56-59-37-16-38-60-56/h1-40H. The molecule has 8 aromatic carbocycles. The first-order valence-electron chi connectivity index (χ1n) is 21.9. The zero-order valence-electron chi connectivity index (χ0n) is 35.3. The quantitative estimate of drug-likeness (QED) is 0.135. The first-order valence-corrected chi connectivity index (χ1v) is 22.8. The van der Waals surface area contributed by atoms with Crippen molar-refractivity contribution in [3.05, 3.63) is 243 Å². The number of thiophene rings is 1. The van der Waals surface area contributed by atoms with Gasteiger partial charge in [-0.2, -0.15) is 0 Å². The van der Waals surface area contributed by atoms with Crippen LogP contribution in [0, 0.1) is 0 Å². The molecule has 2 aliphatic rings. The SMILES string of the molecule is c1ccc(B2N(c3ccccc3)c3ccc(-c4ccc(-c5ccc6c(c5)N(c5ccccc5)B(c5ccccc5)N6c5ccc(-c6ncccn6)cc5)s4)cc3N2c2ccccc2)cc1. The van der Waals surface area contributed by atoms with Crippen LogP contribution in [0.5, 0.6) is 0 Å². The van der Waals surface area contributed by atoms with Gasteiger partial charge in [0.1, 0.15) is 0 Å². The third-order valence-corrected chi connectivity index (χ3v) is 13.6. The Morgan fingerprint density at radius 2 is 0.662 bits per heavy atom. The molecular weight excluding hydrogens is 810 g/mol. The van der Waals surface area contributed by atoms with Crippen molar-refractivity contribution >= 4 is 81.7 Å². The third kappa shape index (κ3) is 6.94. The van der Waals surface area contributed by atoms with E-state index in [1.54, 1.807) is 12.4 Å². The van der Waals surface area contributed by atoms with Gasteiger partial charge in [0.2, 0.25) is 0 Å². The van der Waals surface area contributed by atoms with Crippen LogP contribution in [0.1, 0.15) is 0 Å². The predicted molar refractivity (Wildman–Crippen MR) is 274 cm³/mol. The first kappa shape index (κ1) is 38.5. The van der Waals surface area contributed by atoms with Crippen LogP contribution in [0.15, 0.2) is 243 Å². The number of para-hydroxylation sites is 3. The van der Waals surface area contributed by atoms with E-state index >= 15 is 0 Å². The van der Waals surface area contributed by atoms with Gasteiger partial charge >= 0.3 is 14.0 Å². The number of fused-ring (bicyclic) bond motifs is 2. The van der Waals surface area contributed by atoms with Crippen LogP contribution in [-0.4, -0.2) is 23.9 Å². The molecule has 9 heteroatoms. The van der Waals surface area contributed by atoms with Crippen molar-refractivity contribution in [3.8, 4) is 32.3 Å². The summed E-state index contributed by atoms with van der Waals surface area (Å²) in [5.41, 5.74) is 14.9. The molecule has 0 unspecified atom stereocenters. The van der Waals surface area contributed by atoms with Crippen LogP contribution in [0.2, 0.25) is 0 Å². The molecule has 4 heterocycles. The Bertz CT molecular complexity index is 3230. The lowest BCUT2D eigenvalue weighted by molar-refractivity contribution is 1.18. The van der Waals surface area contributed by atoms with Gasteiger partial charge in [0.15, 0.2) is 5.82 Å². The van der Waals surface area contributed by atoms with Crippen molar-refractivity contribution in [1.82, 2.24) is 9.97 Å². The van der Waals surface area contributed by atoms with E-state index in [4.69, 9.17) is 0 Å². The molecule has 0 fully saturated rings. The molecule has 0 amide bonds. The smallest absolute Gasteiger partial charge is 0.360 e.